The molecule has 268 valence electrons. The van der Waals surface area contributed by atoms with Gasteiger partial charge in [0.1, 0.15) is 5.75 Å². The van der Waals surface area contributed by atoms with Crippen molar-refractivity contribution < 1.29 is 24.3 Å². The van der Waals surface area contributed by atoms with Gasteiger partial charge in [-0.1, -0.05) is 102 Å². The van der Waals surface area contributed by atoms with Gasteiger partial charge < -0.3 is 5.11 Å². The van der Waals surface area contributed by atoms with E-state index in [9.17, 15) is 19.5 Å². The lowest BCUT2D eigenvalue weighted by molar-refractivity contribution is -0.144. The van der Waals surface area contributed by atoms with Gasteiger partial charge in [-0.3, -0.25) is 29.0 Å². The zero-order chi connectivity index (χ0) is 36.4. The molecule has 4 amide bonds. The highest BCUT2D eigenvalue weighted by Crippen LogP contribution is 2.64. The number of carbonyl (C=O) groups excluding carboxylic acids is 4. The van der Waals surface area contributed by atoms with Gasteiger partial charge in [-0.2, -0.15) is 0 Å². The number of hydrogen-bond acceptors (Lipinski definition) is 6. The first-order valence-electron chi connectivity index (χ1n) is 18.6. The van der Waals surface area contributed by atoms with Crippen molar-refractivity contribution in [1.82, 2.24) is 9.80 Å². The molecule has 4 aromatic rings. The molecule has 4 aromatic carbocycles. The second-order valence-electron chi connectivity index (χ2n) is 15.2. The third kappa shape index (κ3) is 5.29. The van der Waals surface area contributed by atoms with E-state index in [1.165, 1.54) is 10.5 Å². The van der Waals surface area contributed by atoms with E-state index in [0.717, 1.165) is 30.8 Å². The lowest BCUT2D eigenvalue weighted by atomic mass is 9.49. The highest BCUT2D eigenvalue weighted by atomic mass is 35.5. The van der Waals surface area contributed by atoms with Crippen LogP contribution in [0.15, 0.2) is 121 Å². The molecule has 5 aliphatic rings. The Morgan fingerprint density at radius 2 is 1.45 bits per heavy atom. The number of likely N-dealkylation sites (tertiary alicyclic amines) is 2. The summed E-state index contributed by atoms with van der Waals surface area (Å²) >= 11 is 6.42. The number of halogens is 1. The second-order valence-corrected chi connectivity index (χ2v) is 15.7. The maximum absolute atomic E-state index is 15.3. The van der Waals surface area contributed by atoms with Gasteiger partial charge in [-0.05, 0) is 78.6 Å². The van der Waals surface area contributed by atoms with Crippen LogP contribution < -0.4 is 4.90 Å². The van der Waals surface area contributed by atoms with Gasteiger partial charge in [0.15, 0.2) is 0 Å². The van der Waals surface area contributed by atoms with Crippen LogP contribution in [0.3, 0.4) is 0 Å². The number of phenolic OH excluding ortho intramolecular Hbond substituents is 1. The molecule has 2 aliphatic carbocycles. The smallest absolute Gasteiger partial charge is 0.246 e. The summed E-state index contributed by atoms with van der Waals surface area (Å²) in [5.74, 6) is -3.90. The van der Waals surface area contributed by atoms with Crippen molar-refractivity contribution in [2.75, 3.05) is 18.0 Å². The monoisotopic (exact) mass is 725 g/mol. The fraction of sp³-hybridized carbons (Fsp3) is 0.318. The number of imide groups is 2. The molecular formula is C44H40ClN3O5. The SMILES string of the molecule is O=C1C2CC3C(=CCC4C(=O)N(C5CCN(Cc6ccccc6)CC5)C(=O)C43)C(c3ccc(O)cc3)C2(c2ccccc2)C(=O)N1c1cccc(Cl)c1. The zero-order valence-electron chi connectivity index (χ0n) is 29.2. The van der Waals surface area contributed by atoms with Crippen LogP contribution >= 0.6 is 11.6 Å². The van der Waals surface area contributed by atoms with Crippen LogP contribution in [-0.2, 0) is 31.1 Å². The first-order chi connectivity index (χ1) is 25.8. The van der Waals surface area contributed by atoms with Gasteiger partial charge in [0.25, 0.3) is 0 Å². The van der Waals surface area contributed by atoms with Gasteiger partial charge in [0, 0.05) is 36.6 Å². The molecule has 1 saturated carbocycles. The minimum atomic E-state index is -1.34. The molecule has 9 heteroatoms. The van der Waals surface area contributed by atoms with Gasteiger partial charge in [0.2, 0.25) is 23.6 Å². The standard InChI is InChI=1S/C44H40ClN3O5/c45-30-12-7-13-32(24-30)48-41(51)37-25-36-34(39(28-14-16-33(49)17-15-28)44(37,43(48)53)29-10-5-2-6-11-29)18-19-35-38(36)42(52)47(40(35)50)31-20-22-46(23-21-31)26-27-8-3-1-4-9-27/h1-18,24,31,35-39,49H,19-23,25-26H2. The third-order valence-electron chi connectivity index (χ3n) is 12.6. The minimum Gasteiger partial charge on any atom is -0.508 e. The van der Waals surface area contributed by atoms with Crippen molar-refractivity contribution in [2.24, 2.45) is 23.7 Å². The molecule has 0 bridgehead atoms. The highest BCUT2D eigenvalue weighted by molar-refractivity contribution is 6.32. The van der Waals surface area contributed by atoms with E-state index in [-0.39, 0.29) is 41.8 Å². The molecular weight excluding hydrogens is 686 g/mol. The van der Waals surface area contributed by atoms with E-state index >= 15 is 4.79 Å². The maximum Gasteiger partial charge on any atom is 0.246 e. The van der Waals surface area contributed by atoms with Crippen molar-refractivity contribution in [3.63, 3.8) is 0 Å². The molecule has 4 fully saturated rings. The number of benzene rings is 4. The number of anilines is 1. The number of piperidine rings is 1. The topological polar surface area (TPSA) is 98.2 Å². The van der Waals surface area contributed by atoms with Gasteiger partial charge in [0.05, 0.1) is 28.9 Å². The predicted molar refractivity (Wildman–Crippen MR) is 201 cm³/mol. The summed E-state index contributed by atoms with van der Waals surface area (Å²) in [6, 6.07) is 33.2. The fourth-order valence-corrected chi connectivity index (χ4v) is 10.5. The van der Waals surface area contributed by atoms with E-state index in [2.05, 4.69) is 23.1 Å². The van der Waals surface area contributed by atoms with Gasteiger partial charge >= 0.3 is 0 Å². The Labute approximate surface area is 313 Å². The van der Waals surface area contributed by atoms with Crippen molar-refractivity contribution in [2.45, 2.75) is 49.6 Å². The Hall–Kier alpha value is -5.05. The zero-order valence-corrected chi connectivity index (χ0v) is 29.9. The Balaban J connectivity index is 1.11. The van der Waals surface area contributed by atoms with Crippen LogP contribution in [0.4, 0.5) is 5.69 Å². The molecule has 0 radical (unpaired) electrons. The predicted octanol–water partition coefficient (Wildman–Crippen LogP) is 6.87. The molecule has 1 N–H and O–H groups in total. The van der Waals surface area contributed by atoms with E-state index in [0.29, 0.717) is 35.5 Å². The lowest BCUT2D eigenvalue weighted by Crippen LogP contribution is -2.53. The highest BCUT2D eigenvalue weighted by Gasteiger charge is 2.70. The van der Waals surface area contributed by atoms with Gasteiger partial charge in [-0.15, -0.1) is 0 Å². The van der Waals surface area contributed by atoms with E-state index in [1.807, 2.05) is 60.7 Å². The number of fused-ring (bicyclic) bond motifs is 4. The third-order valence-corrected chi connectivity index (χ3v) is 12.8. The molecule has 3 aliphatic heterocycles. The first-order valence-corrected chi connectivity index (χ1v) is 19.0. The largest absolute Gasteiger partial charge is 0.508 e. The molecule has 3 heterocycles. The van der Waals surface area contributed by atoms with Crippen LogP contribution in [0.25, 0.3) is 0 Å². The summed E-state index contributed by atoms with van der Waals surface area (Å²) in [7, 11) is 0. The number of rotatable bonds is 6. The molecule has 9 rings (SSSR count). The summed E-state index contributed by atoms with van der Waals surface area (Å²) in [6.07, 6.45) is 4.15. The number of amides is 4. The fourth-order valence-electron chi connectivity index (χ4n) is 10.3. The normalized spacial score (nSPS) is 28.8. The van der Waals surface area contributed by atoms with Crippen LogP contribution in [0.5, 0.6) is 5.75 Å². The molecule has 0 aromatic heterocycles. The number of nitrogens with zero attached hydrogens (tertiary/aromatic N) is 3. The average molecular weight is 726 g/mol. The maximum atomic E-state index is 15.3. The minimum absolute atomic E-state index is 0.0838. The molecule has 6 atom stereocenters. The summed E-state index contributed by atoms with van der Waals surface area (Å²) in [5.41, 5.74) is 2.68. The summed E-state index contributed by atoms with van der Waals surface area (Å²) in [6.45, 7) is 2.41. The van der Waals surface area contributed by atoms with Crippen molar-refractivity contribution >= 4 is 40.9 Å². The second kappa shape index (κ2) is 13.1. The number of aromatic hydroxyl groups is 1. The quantitative estimate of drug-likeness (QED) is 0.172. The van der Waals surface area contributed by atoms with Crippen LogP contribution in [0.1, 0.15) is 48.3 Å². The molecule has 8 nitrogen and oxygen atoms in total. The molecule has 53 heavy (non-hydrogen) atoms. The number of hydrogen-bond donors (Lipinski definition) is 1. The van der Waals surface area contributed by atoms with Crippen LogP contribution in [0, 0.1) is 23.7 Å². The summed E-state index contributed by atoms with van der Waals surface area (Å²) in [5, 5.41) is 10.8. The van der Waals surface area contributed by atoms with Crippen molar-refractivity contribution in [3.05, 3.63) is 143 Å². The van der Waals surface area contributed by atoms with Gasteiger partial charge in [-0.25, -0.2) is 4.90 Å². The Morgan fingerprint density at radius 1 is 0.755 bits per heavy atom. The van der Waals surface area contributed by atoms with E-state index in [1.54, 1.807) is 41.3 Å². The molecule has 3 saturated heterocycles. The Bertz CT molecular complexity index is 2130. The number of carbonyl (C=O) groups is 4. The Kier molecular flexibility index (Phi) is 8.35. The van der Waals surface area contributed by atoms with Crippen LogP contribution in [0.2, 0.25) is 5.02 Å². The van der Waals surface area contributed by atoms with E-state index < -0.39 is 35.0 Å². The lowest BCUT2D eigenvalue weighted by Gasteiger charge is -2.50. The average Bonchev–Trinajstić information content (AvgIpc) is 3.57. The summed E-state index contributed by atoms with van der Waals surface area (Å²) in [4.78, 5) is 64.4. The number of allylic oxidation sites excluding steroid dienone is 2. The Morgan fingerprint density at radius 3 is 2.15 bits per heavy atom. The van der Waals surface area contributed by atoms with Crippen molar-refractivity contribution in [3.8, 4) is 5.75 Å². The summed E-state index contributed by atoms with van der Waals surface area (Å²) < 4.78 is 0. The molecule has 6 unspecified atom stereocenters. The van der Waals surface area contributed by atoms with Crippen molar-refractivity contribution in [1.29, 1.82) is 0 Å². The van der Waals surface area contributed by atoms with E-state index in [4.69, 9.17) is 11.6 Å². The molecule has 0 spiro atoms. The number of phenols is 1. The van der Waals surface area contributed by atoms with Crippen LogP contribution in [-0.4, -0.2) is 57.7 Å². The first kappa shape index (κ1) is 33.8.